The van der Waals surface area contributed by atoms with Crippen LogP contribution in [0.15, 0.2) is 66.7 Å². The summed E-state index contributed by atoms with van der Waals surface area (Å²) in [6, 6.07) is 24.5. The molecule has 0 radical (unpaired) electrons. The first-order chi connectivity index (χ1) is 10.6. The second kappa shape index (κ2) is 7.27. The van der Waals surface area contributed by atoms with Crippen molar-refractivity contribution >= 4 is 0 Å². The van der Waals surface area contributed by atoms with Crippen molar-refractivity contribution in [1.82, 2.24) is 0 Å². The molecule has 0 aliphatic heterocycles. The van der Waals surface area contributed by atoms with Gasteiger partial charge in [-0.15, -0.1) is 0 Å². The minimum atomic E-state index is 0. The molecule has 3 aromatic rings. The summed E-state index contributed by atoms with van der Waals surface area (Å²) in [7, 11) is 0. The number of rotatable bonds is 1. The van der Waals surface area contributed by atoms with Crippen molar-refractivity contribution in [3.05, 3.63) is 83.4 Å². The quantitative estimate of drug-likeness (QED) is 0.425. The number of hydrogen-bond donors (Lipinski definition) is 0. The highest BCUT2D eigenvalue weighted by Crippen LogP contribution is 2.49. The summed E-state index contributed by atoms with van der Waals surface area (Å²) in [5.74, 6) is 0. The molecule has 0 atom stereocenters. The maximum absolute atomic E-state index is 2.38. The van der Waals surface area contributed by atoms with Crippen molar-refractivity contribution in [3.63, 3.8) is 0 Å². The lowest BCUT2D eigenvalue weighted by Crippen LogP contribution is -2.14. The molecule has 0 unspecified atom stereocenters. The Bertz CT molecular complexity index is 851. The molecule has 4 rings (SSSR count). The summed E-state index contributed by atoms with van der Waals surface area (Å²) in [4.78, 5) is 0. The molecule has 0 nitrogen and oxygen atoms in total. The van der Waals surface area contributed by atoms with E-state index in [1.165, 1.54) is 38.9 Å². The molecule has 0 heteroatoms. The number of hydrogen-bond acceptors (Lipinski definition) is 0. The van der Waals surface area contributed by atoms with E-state index < -0.39 is 0 Å². The number of aryl methyl sites for hydroxylation is 1. The monoisotopic (exact) mass is 332 g/mol. The van der Waals surface area contributed by atoms with Gasteiger partial charge in [0.1, 0.15) is 0 Å². The van der Waals surface area contributed by atoms with Crippen LogP contribution in [0.2, 0.25) is 0 Å². The molecule has 1 aliphatic rings. The standard InChI is InChI=1S/C22H20.3CH4/c1-15-8-10-16(11-9-15)17-12-13-19-18-6-4-5-7-20(18)22(2,3)21(19)14-17;;;/h4-14H,1-3H3;3*1H4. The zero-order valence-corrected chi connectivity index (χ0v) is 13.4. The molecule has 0 saturated carbocycles. The van der Waals surface area contributed by atoms with Crippen LogP contribution in [-0.2, 0) is 5.41 Å². The zero-order chi connectivity index (χ0) is 15.3. The molecule has 0 fully saturated rings. The molecule has 0 heterocycles. The van der Waals surface area contributed by atoms with Gasteiger partial charge in [-0.05, 0) is 46.4 Å². The highest BCUT2D eigenvalue weighted by Gasteiger charge is 2.35. The highest BCUT2D eigenvalue weighted by atomic mass is 14.4. The van der Waals surface area contributed by atoms with Gasteiger partial charge >= 0.3 is 0 Å². The summed E-state index contributed by atoms with van der Waals surface area (Å²) in [6.45, 7) is 6.79. The second-order valence-corrected chi connectivity index (χ2v) is 6.80. The van der Waals surface area contributed by atoms with Crippen LogP contribution < -0.4 is 0 Å². The predicted octanol–water partition coefficient (Wildman–Crippen LogP) is 7.88. The summed E-state index contributed by atoms with van der Waals surface area (Å²) in [5.41, 5.74) is 9.62. The Labute approximate surface area is 154 Å². The average Bonchev–Trinajstić information content (AvgIpc) is 2.77. The fourth-order valence-corrected chi connectivity index (χ4v) is 3.63. The fraction of sp³-hybridized carbons (Fsp3) is 0.280. The Morgan fingerprint density at radius 1 is 0.600 bits per heavy atom. The van der Waals surface area contributed by atoms with Gasteiger partial charge in [-0.3, -0.25) is 0 Å². The highest BCUT2D eigenvalue weighted by molar-refractivity contribution is 5.83. The van der Waals surface area contributed by atoms with Crippen molar-refractivity contribution in [2.24, 2.45) is 0 Å². The Morgan fingerprint density at radius 3 is 1.84 bits per heavy atom. The van der Waals surface area contributed by atoms with E-state index in [1.807, 2.05) is 0 Å². The van der Waals surface area contributed by atoms with E-state index in [-0.39, 0.29) is 27.7 Å². The molecule has 0 spiro atoms. The van der Waals surface area contributed by atoms with Gasteiger partial charge in [-0.2, -0.15) is 0 Å². The molecule has 25 heavy (non-hydrogen) atoms. The molecular formula is C25H32. The number of benzene rings is 3. The Kier molecular flexibility index (Phi) is 6.02. The van der Waals surface area contributed by atoms with Crippen LogP contribution in [0, 0.1) is 6.92 Å². The van der Waals surface area contributed by atoms with Crippen LogP contribution in [0.5, 0.6) is 0 Å². The Morgan fingerprint density at radius 2 is 1.16 bits per heavy atom. The van der Waals surface area contributed by atoms with E-state index in [9.17, 15) is 0 Å². The summed E-state index contributed by atoms with van der Waals surface area (Å²) in [6.07, 6.45) is 0. The molecular weight excluding hydrogens is 300 g/mol. The van der Waals surface area contributed by atoms with Crippen molar-refractivity contribution in [3.8, 4) is 22.3 Å². The van der Waals surface area contributed by atoms with Crippen molar-refractivity contribution in [1.29, 1.82) is 0 Å². The molecule has 0 aromatic heterocycles. The first-order valence-electron chi connectivity index (χ1n) is 7.89. The minimum Gasteiger partial charge on any atom is -0.0776 e. The third kappa shape index (κ3) is 3.14. The van der Waals surface area contributed by atoms with Crippen LogP contribution in [0.1, 0.15) is 52.8 Å². The molecule has 0 amide bonds. The summed E-state index contributed by atoms with van der Waals surface area (Å²) < 4.78 is 0. The van der Waals surface area contributed by atoms with Gasteiger partial charge < -0.3 is 0 Å². The summed E-state index contributed by atoms with van der Waals surface area (Å²) >= 11 is 0. The van der Waals surface area contributed by atoms with Crippen LogP contribution in [0.3, 0.4) is 0 Å². The van der Waals surface area contributed by atoms with Crippen molar-refractivity contribution < 1.29 is 0 Å². The van der Waals surface area contributed by atoms with Crippen LogP contribution in [0.4, 0.5) is 0 Å². The fourth-order valence-electron chi connectivity index (χ4n) is 3.63. The smallest absolute Gasteiger partial charge is 0.0159 e. The van der Waals surface area contributed by atoms with Crippen molar-refractivity contribution in [2.75, 3.05) is 0 Å². The Hall–Kier alpha value is -2.34. The third-order valence-electron chi connectivity index (χ3n) is 4.97. The average molecular weight is 333 g/mol. The van der Waals surface area contributed by atoms with Gasteiger partial charge in [0.15, 0.2) is 0 Å². The first kappa shape index (κ1) is 20.7. The van der Waals surface area contributed by atoms with Gasteiger partial charge in [-0.25, -0.2) is 0 Å². The SMILES string of the molecule is C.C.C.Cc1ccc(-c2ccc3c(c2)C(C)(C)c2ccccc2-3)cc1. The lowest BCUT2D eigenvalue weighted by Gasteiger charge is -2.22. The molecule has 0 bridgehead atoms. The molecule has 3 aromatic carbocycles. The van der Waals surface area contributed by atoms with E-state index in [2.05, 4.69) is 87.5 Å². The Balaban J connectivity index is 0.00000104. The molecule has 132 valence electrons. The normalized spacial score (nSPS) is 12.8. The topological polar surface area (TPSA) is 0 Å². The van der Waals surface area contributed by atoms with E-state index in [1.54, 1.807) is 0 Å². The molecule has 0 saturated heterocycles. The largest absolute Gasteiger partial charge is 0.0776 e. The van der Waals surface area contributed by atoms with Gasteiger partial charge in [0, 0.05) is 5.41 Å². The van der Waals surface area contributed by atoms with Gasteiger partial charge in [0.05, 0.1) is 0 Å². The molecule has 1 aliphatic carbocycles. The number of fused-ring (bicyclic) bond motifs is 3. The van der Waals surface area contributed by atoms with Gasteiger partial charge in [0.2, 0.25) is 0 Å². The van der Waals surface area contributed by atoms with Gasteiger partial charge in [0.25, 0.3) is 0 Å². The van der Waals surface area contributed by atoms with E-state index in [0.29, 0.717) is 0 Å². The van der Waals surface area contributed by atoms with E-state index in [4.69, 9.17) is 0 Å². The first-order valence-corrected chi connectivity index (χ1v) is 7.89. The zero-order valence-electron chi connectivity index (χ0n) is 13.4. The van der Waals surface area contributed by atoms with Crippen LogP contribution in [-0.4, -0.2) is 0 Å². The van der Waals surface area contributed by atoms with E-state index in [0.717, 1.165) is 0 Å². The molecule has 0 N–H and O–H groups in total. The lowest BCUT2D eigenvalue weighted by atomic mass is 9.81. The lowest BCUT2D eigenvalue weighted by molar-refractivity contribution is 0.660. The minimum absolute atomic E-state index is 0. The second-order valence-electron chi connectivity index (χ2n) is 6.80. The predicted molar refractivity (Wildman–Crippen MR) is 114 cm³/mol. The maximum Gasteiger partial charge on any atom is 0.0159 e. The third-order valence-corrected chi connectivity index (χ3v) is 4.97. The van der Waals surface area contributed by atoms with Crippen molar-refractivity contribution in [2.45, 2.75) is 48.5 Å². The summed E-state index contributed by atoms with van der Waals surface area (Å²) in [5, 5.41) is 0. The van der Waals surface area contributed by atoms with Crippen LogP contribution >= 0.6 is 0 Å². The maximum atomic E-state index is 2.38. The van der Waals surface area contributed by atoms with Gasteiger partial charge in [-0.1, -0.05) is 102 Å². The van der Waals surface area contributed by atoms with Crippen LogP contribution in [0.25, 0.3) is 22.3 Å². The van der Waals surface area contributed by atoms with E-state index >= 15 is 0 Å².